The van der Waals surface area contributed by atoms with Crippen molar-refractivity contribution in [3.8, 4) is 5.69 Å². The van der Waals surface area contributed by atoms with Gasteiger partial charge in [-0.1, -0.05) is 54.9 Å². The lowest BCUT2D eigenvalue weighted by Gasteiger charge is -2.23. The van der Waals surface area contributed by atoms with Crippen LogP contribution in [0.3, 0.4) is 0 Å². The first kappa shape index (κ1) is 21.6. The van der Waals surface area contributed by atoms with Gasteiger partial charge in [0.05, 0.1) is 5.25 Å². The van der Waals surface area contributed by atoms with E-state index >= 15 is 0 Å². The van der Waals surface area contributed by atoms with E-state index in [1.54, 1.807) is 12.1 Å². The van der Waals surface area contributed by atoms with Crippen LogP contribution in [0.1, 0.15) is 44.0 Å². The molecule has 7 heteroatoms. The molecule has 5 nitrogen and oxygen atoms in total. The molecule has 0 aliphatic carbocycles. The van der Waals surface area contributed by atoms with Crippen LogP contribution in [0.2, 0.25) is 0 Å². The van der Waals surface area contributed by atoms with Crippen LogP contribution in [-0.2, 0) is 11.2 Å². The number of carbonyl (C=O) groups excluding carboxylic acids is 1. The van der Waals surface area contributed by atoms with E-state index < -0.39 is 0 Å². The lowest BCUT2D eigenvalue weighted by Crippen LogP contribution is -2.37. The number of rotatable bonds is 6. The highest BCUT2D eigenvalue weighted by atomic mass is 32.2. The van der Waals surface area contributed by atoms with Crippen molar-refractivity contribution in [2.24, 2.45) is 0 Å². The van der Waals surface area contributed by atoms with Gasteiger partial charge in [-0.15, -0.1) is 10.2 Å². The van der Waals surface area contributed by atoms with Crippen LogP contribution in [0.5, 0.6) is 0 Å². The van der Waals surface area contributed by atoms with Crippen LogP contribution in [0.15, 0.2) is 59.8 Å². The van der Waals surface area contributed by atoms with Crippen LogP contribution in [0, 0.1) is 5.82 Å². The number of hydrogen-bond donors (Lipinski definition) is 0. The zero-order valence-corrected chi connectivity index (χ0v) is 18.5. The molecule has 2 aromatic carbocycles. The van der Waals surface area contributed by atoms with Crippen LogP contribution in [-0.4, -0.2) is 43.9 Å². The van der Waals surface area contributed by atoms with Crippen molar-refractivity contribution in [3.63, 3.8) is 0 Å². The van der Waals surface area contributed by atoms with Crippen molar-refractivity contribution in [1.29, 1.82) is 0 Å². The van der Waals surface area contributed by atoms with Gasteiger partial charge < -0.3 is 4.90 Å². The summed E-state index contributed by atoms with van der Waals surface area (Å²) in [5, 5.41) is 9.21. The molecule has 1 atom stereocenters. The SMILES string of the molecule is C[C@H](Sc1nnc(Cc2ccccc2)n1-c1ccc(F)cc1)C(=O)N1CCCCCC1. The monoisotopic (exact) mass is 438 g/mol. The molecule has 1 aliphatic heterocycles. The minimum atomic E-state index is -0.291. The number of amides is 1. The average Bonchev–Trinajstić information content (AvgIpc) is 2.99. The minimum Gasteiger partial charge on any atom is -0.342 e. The molecule has 0 unspecified atom stereocenters. The molecule has 1 amide bonds. The largest absolute Gasteiger partial charge is 0.342 e. The first-order chi connectivity index (χ1) is 15.1. The number of hydrogen-bond acceptors (Lipinski definition) is 4. The number of benzene rings is 2. The van der Waals surface area contributed by atoms with Crippen LogP contribution in [0.25, 0.3) is 5.69 Å². The predicted molar refractivity (Wildman–Crippen MR) is 121 cm³/mol. The summed E-state index contributed by atoms with van der Waals surface area (Å²) < 4.78 is 15.5. The number of aromatic nitrogens is 3. The van der Waals surface area contributed by atoms with Crippen molar-refractivity contribution >= 4 is 17.7 Å². The molecule has 0 saturated carbocycles. The standard InChI is InChI=1S/C24H27FN4OS/c1-18(23(30)28-15-7-2-3-8-16-28)31-24-27-26-22(17-19-9-5-4-6-10-19)29(24)21-13-11-20(25)12-14-21/h4-6,9-14,18H,2-3,7-8,15-17H2,1H3/t18-/m0/s1. The summed E-state index contributed by atoms with van der Waals surface area (Å²) in [7, 11) is 0. The summed E-state index contributed by atoms with van der Waals surface area (Å²) in [6.45, 7) is 3.58. The third-order valence-corrected chi connectivity index (χ3v) is 6.57. The van der Waals surface area contributed by atoms with Gasteiger partial charge in [-0.05, 0) is 49.6 Å². The quantitative estimate of drug-likeness (QED) is 0.515. The van der Waals surface area contributed by atoms with E-state index in [0.717, 1.165) is 43.0 Å². The maximum Gasteiger partial charge on any atom is 0.235 e. The van der Waals surface area contributed by atoms with Crippen molar-refractivity contribution in [2.75, 3.05) is 13.1 Å². The Morgan fingerprint density at radius 2 is 1.68 bits per heavy atom. The molecule has 0 spiro atoms. The zero-order chi connectivity index (χ0) is 21.6. The Balaban J connectivity index is 1.60. The third-order valence-electron chi connectivity index (χ3n) is 5.54. The van der Waals surface area contributed by atoms with Gasteiger partial charge in [0.25, 0.3) is 0 Å². The second-order valence-electron chi connectivity index (χ2n) is 7.87. The van der Waals surface area contributed by atoms with Gasteiger partial charge in [-0.3, -0.25) is 9.36 Å². The molecule has 4 rings (SSSR count). The number of halogens is 1. The van der Waals surface area contributed by atoms with Crippen molar-refractivity contribution in [1.82, 2.24) is 19.7 Å². The smallest absolute Gasteiger partial charge is 0.235 e. The Bertz CT molecular complexity index is 998. The lowest BCUT2D eigenvalue weighted by atomic mass is 10.1. The lowest BCUT2D eigenvalue weighted by molar-refractivity contribution is -0.130. The summed E-state index contributed by atoms with van der Waals surface area (Å²) in [5.41, 5.74) is 1.90. The highest BCUT2D eigenvalue weighted by Gasteiger charge is 2.25. The molecule has 1 fully saturated rings. The van der Waals surface area contributed by atoms with E-state index in [1.165, 1.54) is 36.7 Å². The Hall–Kier alpha value is -2.67. The van der Waals surface area contributed by atoms with Gasteiger partial charge in [0.15, 0.2) is 5.16 Å². The van der Waals surface area contributed by atoms with Crippen LogP contribution in [0.4, 0.5) is 4.39 Å². The van der Waals surface area contributed by atoms with E-state index in [1.807, 2.05) is 46.7 Å². The second kappa shape index (κ2) is 10.1. The summed E-state index contributed by atoms with van der Waals surface area (Å²) in [5.74, 6) is 0.611. The van der Waals surface area contributed by atoms with Gasteiger partial charge in [0, 0.05) is 25.2 Å². The van der Waals surface area contributed by atoms with Crippen LogP contribution < -0.4 is 0 Å². The number of carbonyl (C=O) groups is 1. The zero-order valence-electron chi connectivity index (χ0n) is 17.7. The Kier molecular flexibility index (Phi) is 7.02. The van der Waals surface area contributed by atoms with Gasteiger partial charge >= 0.3 is 0 Å². The summed E-state index contributed by atoms with van der Waals surface area (Å²) in [6, 6.07) is 16.4. The molecule has 31 heavy (non-hydrogen) atoms. The fourth-order valence-electron chi connectivity index (χ4n) is 3.88. The van der Waals surface area contributed by atoms with E-state index in [-0.39, 0.29) is 17.0 Å². The van der Waals surface area contributed by atoms with E-state index in [0.29, 0.717) is 11.6 Å². The Morgan fingerprint density at radius 3 is 2.35 bits per heavy atom. The molecule has 1 saturated heterocycles. The number of thioether (sulfide) groups is 1. The third kappa shape index (κ3) is 5.34. The fourth-order valence-corrected chi connectivity index (χ4v) is 4.85. The summed E-state index contributed by atoms with van der Waals surface area (Å²) in [6.07, 6.45) is 5.10. The highest BCUT2D eigenvalue weighted by Crippen LogP contribution is 2.28. The number of nitrogens with zero attached hydrogens (tertiary/aromatic N) is 4. The van der Waals surface area contributed by atoms with E-state index in [9.17, 15) is 9.18 Å². The normalized spacial score (nSPS) is 15.5. The summed E-state index contributed by atoms with van der Waals surface area (Å²) in [4.78, 5) is 15.0. The molecule has 1 aromatic heterocycles. The number of likely N-dealkylation sites (tertiary alicyclic amines) is 1. The van der Waals surface area contributed by atoms with E-state index in [4.69, 9.17) is 0 Å². The van der Waals surface area contributed by atoms with Gasteiger partial charge in [0.2, 0.25) is 5.91 Å². The average molecular weight is 439 g/mol. The first-order valence-electron chi connectivity index (χ1n) is 10.8. The highest BCUT2D eigenvalue weighted by molar-refractivity contribution is 8.00. The minimum absolute atomic E-state index is 0.144. The van der Waals surface area contributed by atoms with Gasteiger partial charge in [0.1, 0.15) is 11.6 Å². The van der Waals surface area contributed by atoms with Crippen molar-refractivity contribution in [2.45, 2.75) is 49.4 Å². The molecular formula is C24H27FN4OS. The topological polar surface area (TPSA) is 51.0 Å². The maximum absolute atomic E-state index is 13.5. The van der Waals surface area contributed by atoms with Crippen molar-refractivity contribution < 1.29 is 9.18 Å². The van der Waals surface area contributed by atoms with Gasteiger partial charge in [-0.2, -0.15) is 0 Å². The molecule has 2 heterocycles. The second-order valence-corrected chi connectivity index (χ2v) is 9.18. The molecule has 0 bridgehead atoms. The van der Waals surface area contributed by atoms with Crippen LogP contribution >= 0.6 is 11.8 Å². The first-order valence-corrected chi connectivity index (χ1v) is 11.7. The van der Waals surface area contributed by atoms with Crippen molar-refractivity contribution in [3.05, 3.63) is 71.8 Å². The maximum atomic E-state index is 13.5. The molecule has 1 aliphatic rings. The molecule has 0 N–H and O–H groups in total. The van der Waals surface area contributed by atoms with Gasteiger partial charge in [-0.25, -0.2) is 4.39 Å². The molecule has 0 radical (unpaired) electrons. The Labute approximate surface area is 186 Å². The van der Waals surface area contributed by atoms with E-state index in [2.05, 4.69) is 10.2 Å². The molecular weight excluding hydrogens is 411 g/mol. The summed E-state index contributed by atoms with van der Waals surface area (Å²) >= 11 is 1.41. The Morgan fingerprint density at radius 1 is 1.00 bits per heavy atom. The molecule has 162 valence electrons. The predicted octanol–water partition coefficient (Wildman–Crippen LogP) is 4.88. The molecule has 3 aromatic rings. The fraction of sp³-hybridized carbons (Fsp3) is 0.375.